The van der Waals surface area contributed by atoms with Gasteiger partial charge in [-0.15, -0.1) is 0 Å². The highest BCUT2D eigenvalue weighted by Gasteiger charge is 2.28. The topological polar surface area (TPSA) is 48.1 Å². The average Bonchev–Trinajstić information content (AvgIpc) is 3.34. The molecule has 32 heavy (non-hydrogen) atoms. The van der Waals surface area contributed by atoms with Crippen LogP contribution in [-0.2, 0) is 0 Å². The van der Waals surface area contributed by atoms with Crippen LogP contribution in [0.25, 0.3) is 11.1 Å². The number of hydrogen-bond acceptors (Lipinski definition) is 4. The van der Waals surface area contributed by atoms with E-state index in [0.29, 0.717) is 0 Å². The lowest BCUT2D eigenvalue weighted by Gasteiger charge is -2.40. The van der Waals surface area contributed by atoms with Crippen LogP contribution in [0.15, 0.2) is 79.3 Å². The van der Waals surface area contributed by atoms with Gasteiger partial charge in [0.1, 0.15) is 5.82 Å². The number of benzene rings is 2. The van der Waals surface area contributed by atoms with Gasteiger partial charge in [-0.2, -0.15) is 5.10 Å². The second kappa shape index (κ2) is 8.97. The summed E-state index contributed by atoms with van der Waals surface area (Å²) in [5.74, 6) is 1.07. The summed E-state index contributed by atoms with van der Waals surface area (Å²) in [6.45, 7) is 8.16. The van der Waals surface area contributed by atoms with Gasteiger partial charge >= 0.3 is 0 Å². The molecule has 0 bridgehead atoms. The molecule has 2 aromatic carbocycles. The van der Waals surface area contributed by atoms with Crippen molar-refractivity contribution in [2.24, 2.45) is 0 Å². The molecule has 1 aliphatic rings. The molecule has 0 amide bonds. The maximum Gasteiger partial charge on any atom is 0.136 e. The van der Waals surface area contributed by atoms with Crippen LogP contribution in [0.4, 0.5) is 5.82 Å². The second-order valence-corrected chi connectivity index (χ2v) is 8.62. The van der Waals surface area contributed by atoms with Gasteiger partial charge in [0.05, 0.1) is 12.2 Å². The Morgan fingerprint density at radius 2 is 1.59 bits per heavy atom. The molecular weight excluding hydrogens is 394 g/mol. The number of aromatic amines is 1. The zero-order chi connectivity index (χ0) is 21.9. The molecular formula is C27H29N5. The molecule has 0 radical (unpaired) electrons. The SMILES string of the molecule is Cc1cc(C)cc(C(c2cn[nH]c2)N2CCN(c3ncccc3-c3ccccc3)CC2)c1. The molecule has 1 unspecified atom stereocenters. The number of nitrogens with one attached hydrogen (secondary N) is 1. The van der Waals surface area contributed by atoms with Crippen LogP contribution in [0.2, 0.25) is 0 Å². The number of piperazine rings is 1. The average molecular weight is 424 g/mol. The number of rotatable bonds is 5. The lowest BCUT2D eigenvalue weighted by molar-refractivity contribution is 0.212. The molecule has 1 aliphatic heterocycles. The summed E-state index contributed by atoms with van der Waals surface area (Å²) in [4.78, 5) is 9.77. The van der Waals surface area contributed by atoms with Crippen LogP contribution in [0.3, 0.4) is 0 Å². The van der Waals surface area contributed by atoms with Gasteiger partial charge in [0, 0.05) is 49.7 Å². The van der Waals surface area contributed by atoms with Crippen molar-refractivity contribution in [1.82, 2.24) is 20.1 Å². The molecule has 1 fully saturated rings. The molecule has 0 spiro atoms. The highest BCUT2D eigenvalue weighted by Crippen LogP contribution is 2.33. The Balaban J connectivity index is 1.40. The van der Waals surface area contributed by atoms with E-state index in [9.17, 15) is 0 Å². The quantitative estimate of drug-likeness (QED) is 0.491. The number of pyridine rings is 1. The van der Waals surface area contributed by atoms with E-state index in [1.165, 1.54) is 33.4 Å². The van der Waals surface area contributed by atoms with Crippen molar-refractivity contribution in [3.05, 3.63) is 102 Å². The summed E-state index contributed by atoms with van der Waals surface area (Å²) < 4.78 is 0. The van der Waals surface area contributed by atoms with Gasteiger partial charge in [0.15, 0.2) is 0 Å². The Kier molecular flexibility index (Phi) is 5.73. The van der Waals surface area contributed by atoms with Gasteiger partial charge in [-0.05, 0) is 37.1 Å². The van der Waals surface area contributed by atoms with Crippen LogP contribution in [0, 0.1) is 13.8 Å². The van der Waals surface area contributed by atoms with Crippen molar-refractivity contribution in [3.8, 4) is 11.1 Å². The Labute approximate surface area is 189 Å². The lowest BCUT2D eigenvalue weighted by atomic mass is 9.95. The largest absolute Gasteiger partial charge is 0.354 e. The summed E-state index contributed by atoms with van der Waals surface area (Å²) in [6.07, 6.45) is 5.89. The number of nitrogens with zero attached hydrogens (tertiary/aromatic N) is 4. The van der Waals surface area contributed by atoms with Gasteiger partial charge in [0.2, 0.25) is 0 Å². The van der Waals surface area contributed by atoms with E-state index < -0.39 is 0 Å². The van der Waals surface area contributed by atoms with Gasteiger partial charge in [-0.3, -0.25) is 10.00 Å². The van der Waals surface area contributed by atoms with Crippen molar-refractivity contribution >= 4 is 5.82 Å². The lowest BCUT2D eigenvalue weighted by Crippen LogP contribution is -2.48. The maximum absolute atomic E-state index is 4.77. The van der Waals surface area contributed by atoms with E-state index >= 15 is 0 Å². The minimum absolute atomic E-state index is 0.201. The summed E-state index contributed by atoms with van der Waals surface area (Å²) in [5, 5.41) is 7.26. The fraction of sp³-hybridized carbons (Fsp3) is 0.259. The van der Waals surface area contributed by atoms with E-state index in [0.717, 1.165) is 32.0 Å². The maximum atomic E-state index is 4.77. The first-order valence-electron chi connectivity index (χ1n) is 11.3. The zero-order valence-corrected chi connectivity index (χ0v) is 18.7. The number of anilines is 1. The van der Waals surface area contributed by atoms with E-state index in [1.807, 2.05) is 24.7 Å². The fourth-order valence-electron chi connectivity index (χ4n) is 4.88. The van der Waals surface area contributed by atoms with Crippen molar-refractivity contribution in [1.29, 1.82) is 0 Å². The molecule has 5 rings (SSSR count). The summed E-state index contributed by atoms with van der Waals surface area (Å²) in [6, 6.07) is 21.8. The van der Waals surface area contributed by atoms with Crippen LogP contribution in [0.1, 0.15) is 28.3 Å². The summed E-state index contributed by atoms with van der Waals surface area (Å²) in [7, 11) is 0. The molecule has 5 nitrogen and oxygen atoms in total. The predicted molar refractivity (Wildman–Crippen MR) is 130 cm³/mol. The van der Waals surface area contributed by atoms with Gasteiger partial charge in [-0.1, -0.05) is 59.7 Å². The molecule has 3 heterocycles. The van der Waals surface area contributed by atoms with Gasteiger partial charge in [0.25, 0.3) is 0 Å². The van der Waals surface area contributed by atoms with E-state index in [2.05, 4.69) is 88.4 Å². The fourth-order valence-corrected chi connectivity index (χ4v) is 4.88. The molecule has 4 aromatic rings. The summed E-state index contributed by atoms with van der Waals surface area (Å²) in [5.41, 5.74) is 7.56. The predicted octanol–water partition coefficient (Wildman–Crippen LogP) is 5.00. The molecule has 0 saturated carbocycles. The standard InChI is InChI=1S/C27H29N5/c1-20-15-21(2)17-23(16-20)26(24-18-29-30-19-24)31-11-13-32(14-12-31)27-25(9-6-10-28-27)22-7-4-3-5-8-22/h3-10,15-19,26H,11-14H2,1-2H3,(H,29,30). The van der Waals surface area contributed by atoms with Gasteiger partial charge < -0.3 is 4.90 Å². The number of aryl methyl sites for hydroxylation is 2. The monoisotopic (exact) mass is 423 g/mol. The third-order valence-corrected chi connectivity index (χ3v) is 6.25. The van der Waals surface area contributed by atoms with Crippen molar-refractivity contribution < 1.29 is 0 Å². The van der Waals surface area contributed by atoms with Crippen molar-refractivity contribution in [3.63, 3.8) is 0 Å². The van der Waals surface area contributed by atoms with Crippen molar-refractivity contribution in [2.75, 3.05) is 31.1 Å². The molecule has 5 heteroatoms. The Morgan fingerprint density at radius 3 is 2.28 bits per heavy atom. The minimum Gasteiger partial charge on any atom is -0.354 e. The van der Waals surface area contributed by atoms with E-state index in [-0.39, 0.29) is 6.04 Å². The van der Waals surface area contributed by atoms with Crippen molar-refractivity contribution in [2.45, 2.75) is 19.9 Å². The van der Waals surface area contributed by atoms with E-state index in [4.69, 9.17) is 4.98 Å². The second-order valence-electron chi connectivity index (χ2n) is 8.62. The third-order valence-electron chi connectivity index (χ3n) is 6.25. The first kappa shape index (κ1) is 20.5. The van der Waals surface area contributed by atoms with Crippen LogP contribution < -0.4 is 4.90 Å². The molecule has 1 saturated heterocycles. The molecule has 0 aliphatic carbocycles. The minimum atomic E-state index is 0.201. The smallest absolute Gasteiger partial charge is 0.136 e. The molecule has 162 valence electrons. The summed E-state index contributed by atoms with van der Waals surface area (Å²) >= 11 is 0. The van der Waals surface area contributed by atoms with Crippen LogP contribution >= 0.6 is 0 Å². The Morgan fingerprint density at radius 1 is 0.844 bits per heavy atom. The number of H-pyrrole nitrogens is 1. The highest BCUT2D eigenvalue weighted by atomic mass is 15.3. The Hall–Kier alpha value is -3.44. The normalized spacial score (nSPS) is 15.6. The third kappa shape index (κ3) is 4.16. The van der Waals surface area contributed by atoms with Crippen LogP contribution in [0.5, 0.6) is 0 Å². The highest BCUT2D eigenvalue weighted by molar-refractivity contribution is 5.75. The number of hydrogen-bond donors (Lipinski definition) is 1. The first-order chi connectivity index (χ1) is 15.7. The molecule has 2 aromatic heterocycles. The first-order valence-corrected chi connectivity index (χ1v) is 11.3. The molecule has 1 atom stereocenters. The number of aromatic nitrogens is 3. The van der Waals surface area contributed by atoms with Gasteiger partial charge in [-0.25, -0.2) is 4.98 Å². The Bertz CT molecular complexity index is 1140. The van der Waals surface area contributed by atoms with E-state index in [1.54, 1.807) is 0 Å². The zero-order valence-electron chi connectivity index (χ0n) is 18.7. The molecule has 1 N–H and O–H groups in total. The van der Waals surface area contributed by atoms with Crippen LogP contribution in [-0.4, -0.2) is 46.3 Å².